The van der Waals surface area contributed by atoms with Crippen molar-refractivity contribution in [1.82, 2.24) is 0 Å². The van der Waals surface area contributed by atoms with Gasteiger partial charge in [0.15, 0.2) is 0 Å². The molecule has 24 heavy (non-hydrogen) atoms. The molecule has 0 aliphatic rings. The molecule has 0 saturated heterocycles. The summed E-state index contributed by atoms with van der Waals surface area (Å²) in [5, 5.41) is 13.9. The Bertz CT molecular complexity index is 710. The van der Waals surface area contributed by atoms with Gasteiger partial charge in [-0.3, -0.25) is 4.79 Å². The average molecular weight is 328 g/mol. The van der Waals surface area contributed by atoms with Crippen LogP contribution in [-0.4, -0.2) is 11.9 Å². The zero-order chi connectivity index (χ0) is 17.7. The molecule has 0 radical (unpaired) electrons. The third-order valence-corrected chi connectivity index (χ3v) is 4.00. The molecule has 0 fully saturated rings. The average Bonchev–Trinajstić information content (AvgIpc) is 2.55. The molecule has 0 unspecified atom stereocenters. The lowest BCUT2D eigenvalue weighted by Crippen LogP contribution is -2.40. The number of benzene rings is 2. The first-order chi connectivity index (χ1) is 11.4. The number of halogens is 1. The van der Waals surface area contributed by atoms with E-state index in [1.54, 1.807) is 0 Å². The third kappa shape index (κ3) is 4.65. The van der Waals surface area contributed by atoms with Crippen LogP contribution in [0.25, 0.3) is 0 Å². The van der Waals surface area contributed by atoms with Crippen molar-refractivity contribution >= 4 is 17.6 Å². The summed E-state index contributed by atoms with van der Waals surface area (Å²) in [6.45, 7) is 3.41. The van der Waals surface area contributed by atoms with Gasteiger partial charge in [0.25, 0.3) is 0 Å². The van der Waals surface area contributed by atoms with Gasteiger partial charge < -0.3 is 15.2 Å². The summed E-state index contributed by atoms with van der Waals surface area (Å²) in [5.41, 5.74) is 2.37. The van der Waals surface area contributed by atoms with Gasteiger partial charge in [0, 0.05) is 17.6 Å². The summed E-state index contributed by atoms with van der Waals surface area (Å²) in [7, 11) is 0. The number of nitrogens with one attached hydrogen (secondary N) is 1. The number of hydrogen-bond donors (Lipinski definition) is 1. The van der Waals surface area contributed by atoms with Crippen LogP contribution in [0, 0.1) is 24.6 Å². The smallest absolute Gasteiger partial charge is 0.228 e. The lowest BCUT2D eigenvalue weighted by Gasteiger charge is -2.24. The van der Waals surface area contributed by atoms with Crippen molar-refractivity contribution in [2.24, 2.45) is 11.8 Å². The fourth-order valence-electron chi connectivity index (χ4n) is 2.41. The molecule has 2 rings (SSSR count). The normalized spacial score (nSPS) is 13.1. The summed E-state index contributed by atoms with van der Waals surface area (Å²) in [4.78, 5) is 23.8. The lowest BCUT2D eigenvalue weighted by atomic mass is 9.87. The van der Waals surface area contributed by atoms with Crippen LogP contribution in [0.1, 0.15) is 18.1 Å². The van der Waals surface area contributed by atoms with E-state index in [0.29, 0.717) is 5.69 Å². The van der Waals surface area contributed by atoms with Crippen molar-refractivity contribution in [3.63, 3.8) is 0 Å². The number of anilines is 1. The van der Waals surface area contributed by atoms with Gasteiger partial charge in [-0.1, -0.05) is 36.8 Å². The van der Waals surface area contributed by atoms with Crippen LogP contribution in [0.2, 0.25) is 0 Å². The number of carbonyl (C=O) groups excluding carboxylic acids is 2. The molecule has 1 N–H and O–H groups in total. The first-order valence-electron chi connectivity index (χ1n) is 7.69. The van der Waals surface area contributed by atoms with Gasteiger partial charge in [0.2, 0.25) is 5.91 Å². The van der Waals surface area contributed by atoms with E-state index in [0.717, 1.165) is 11.1 Å². The highest BCUT2D eigenvalue weighted by molar-refractivity contribution is 5.95. The highest BCUT2D eigenvalue weighted by Crippen LogP contribution is 2.21. The zero-order valence-electron chi connectivity index (χ0n) is 13.6. The molecule has 0 aromatic heterocycles. The van der Waals surface area contributed by atoms with E-state index < -0.39 is 29.5 Å². The molecule has 0 aliphatic heterocycles. The number of hydrogen-bond acceptors (Lipinski definition) is 3. The second-order valence-electron chi connectivity index (χ2n) is 5.90. The van der Waals surface area contributed by atoms with Gasteiger partial charge in [-0.15, -0.1) is 0 Å². The molecule has 0 heterocycles. The van der Waals surface area contributed by atoms with Crippen molar-refractivity contribution in [2.75, 3.05) is 5.32 Å². The summed E-state index contributed by atoms with van der Waals surface area (Å²) < 4.78 is 12.9. The molecule has 2 aromatic carbocycles. The minimum Gasteiger partial charge on any atom is -0.550 e. The van der Waals surface area contributed by atoms with E-state index in [2.05, 4.69) is 5.32 Å². The predicted molar refractivity (Wildman–Crippen MR) is 87.6 cm³/mol. The molecule has 0 bridgehead atoms. The second-order valence-corrected chi connectivity index (χ2v) is 5.90. The molecule has 2 atom stereocenters. The van der Waals surface area contributed by atoms with Crippen LogP contribution in [0.4, 0.5) is 10.1 Å². The van der Waals surface area contributed by atoms with Crippen LogP contribution >= 0.6 is 0 Å². The van der Waals surface area contributed by atoms with Crippen LogP contribution in [0.15, 0.2) is 48.5 Å². The van der Waals surface area contributed by atoms with Gasteiger partial charge in [0.05, 0.1) is 5.92 Å². The summed E-state index contributed by atoms with van der Waals surface area (Å²) in [6, 6.07) is 12.9. The number of carboxylic acids is 1. The molecule has 1 amide bonds. The van der Waals surface area contributed by atoms with Crippen LogP contribution < -0.4 is 10.4 Å². The minimum absolute atomic E-state index is 0.280. The third-order valence-electron chi connectivity index (χ3n) is 4.00. The van der Waals surface area contributed by atoms with Gasteiger partial charge in [0.1, 0.15) is 5.82 Å². The van der Waals surface area contributed by atoms with Crippen LogP contribution in [0.3, 0.4) is 0 Å². The number of carboxylic acid groups (broad SMARTS) is 1. The number of rotatable bonds is 6. The van der Waals surface area contributed by atoms with E-state index in [9.17, 15) is 19.1 Å². The Labute approximate surface area is 140 Å². The maximum atomic E-state index is 12.9. The second kappa shape index (κ2) is 7.73. The van der Waals surface area contributed by atoms with Gasteiger partial charge in [-0.05, 0) is 43.2 Å². The van der Waals surface area contributed by atoms with Gasteiger partial charge >= 0.3 is 0 Å². The molecule has 0 saturated carbocycles. The molecular formula is C19H19FNO3-. The summed E-state index contributed by atoms with van der Waals surface area (Å²) in [6.07, 6.45) is 0.280. The first-order valence-corrected chi connectivity index (χ1v) is 7.69. The van der Waals surface area contributed by atoms with Crippen molar-refractivity contribution in [3.8, 4) is 0 Å². The fourth-order valence-corrected chi connectivity index (χ4v) is 2.41. The largest absolute Gasteiger partial charge is 0.550 e. The number of amides is 1. The quantitative estimate of drug-likeness (QED) is 0.885. The Balaban J connectivity index is 2.18. The maximum absolute atomic E-state index is 12.9. The Morgan fingerprint density at radius 2 is 1.67 bits per heavy atom. The molecule has 5 heteroatoms. The number of aliphatic carboxylic acids is 1. The minimum atomic E-state index is -1.28. The highest BCUT2D eigenvalue weighted by Gasteiger charge is 2.26. The van der Waals surface area contributed by atoms with Crippen LogP contribution in [-0.2, 0) is 16.0 Å². The standard InChI is InChI=1S/C19H20FNO3/c1-12-3-5-14(6-4-12)11-17(13(2)19(23)24)18(22)21-16-9-7-15(20)8-10-16/h3-10,13,17H,11H2,1-2H3,(H,21,22)(H,23,24)/p-1/t13-,17+/m1/s1. The van der Waals surface area contributed by atoms with Gasteiger partial charge in [-0.25, -0.2) is 4.39 Å². The van der Waals surface area contributed by atoms with Crippen molar-refractivity contribution in [3.05, 3.63) is 65.5 Å². The monoisotopic (exact) mass is 328 g/mol. The molecule has 126 valence electrons. The molecule has 2 aromatic rings. The number of carbonyl (C=O) groups is 2. The summed E-state index contributed by atoms with van der Waals surface area (Å²) in [5.74, 6) is -3.86. The van der Waals surface area contributed by atoms with Crippen molar-refractivity contribution < 1.29 is 19.1 Å². The number of aryl methyl sites for hydroxylation is 1. The Kier molecular flexibility index (Phi) is 5.68. The van der Waals surface area contributed by atoms with E-state index in [4.69, 9.17) is 0 Å². The van der Waals surface area contributed by atoms with Crippen molar-refractivity contribution in [2.45, 2.75) is 20.3 Å². The van der Waals surface area contributed by atoms with E-state index in [1.165, 1.54) is 31.2 Å². The molecule has 0 spiro atoms. The maximum Gasteiger partial charge on any atom is 0.228 e. The Hall–Kier alpha value is -2.69. The lowest BCUT2D eigenvalue weighted by molar-refractivity contribution is -0.312. The zero-order valence-corrected chi connectivity index (χ0v) is 13.6. The van der Waals surface area contributed by atoms with E-state index in [1.807, 2.05) is 31.2 Å². The van der Waals surface area contributed by atoms with Gasteiger partial charge in [-0.2, -0.15) is 0 Å². The fraction of sp³-hybridized carbons (Fsp3) is 0.263. The highest BCUT2D eigenvalue weighted by atomic mass is 19.1. The Morgan fingerprint density at radius 3 is 2.21 bits per heavy atom. The van der Waals surface area contributed by atoms with E-state index >= 15 is 0 Å². The SMILES string of the molecule is Cc1ccc(C[C@H](C(=O)Nc2ccc(F)cc2)[C@@H](C)C(=O)[O-])cc1. The molecule has 4 nitrogen and oxygen atoms in total. The first kappa shape index (κ1) is 17.7. The topological polar surface area (TPSA) is 69.2 Å². The molecule has 0 aliphatic carbocycles. The van der Waals surface area contributed by atoms with Crippen molar-refractivity contribution in [1.29, 1.82) is 0 Å². The van der Waals surface area contributed by atoms with Crippen LogP contribution in [0.5, 0.6) is 0 Å². The molecular weight excluding hydrogens is 309 g/mol. The van der Waals surface area contributed by atoms with E-state index in [-0.39, 0.29) is 6.42 Å². The Morgan fingerprint density at radius 1 is 1.08 bits per heavy atom. The predicted octanol–water partition coefficient (Wildman–Crippen LogP) is 2.32. The summed E-state index contributed by atoms with van der Waals surface area (Å²) >= 11 is 0.